The summed E-state index contributed by atoms with van der Waals surface area (Å²) in [6.45, 7) is 1.94. The van der Waals surface area contributed by atoms with Gasteiger partial charge in [0.15, 0.2) is 0 Å². The second-order valence-corrected chi connectivity index (χ2v) is 9.11. The van der Waals surface area contributed by atoms with Crippen LogP contribution in [0.15, 0.2) is 33.9 Å². The third-order valence-corrected chi connectivity index (χ3v) is 7.32. The Balaban J connectivity index is 2.25. The molecule has 0 saturated carbocycles. The maximum absolute atomic E-state index is 13.0. The number of fused-ring (bicyclic) bond motifs is 1. The number of hydrogen-bond donors (Lipinski definition) is 0. The van der Waals surface area contributed by atoms with Crippen molar-refractivity contribution in [2.24, 2.45) is 7.05 Å². The zero-order chi connectivity index (χ0) is 20.1. The number of alkyl halides is 5. The number of rotatable bonds is 3. The summed E-state index contributed by atoms with van der Waals surface area (Å²) < 4.78 is 45.4. The highest BCUT2D eigenvalue weighted by Crippen LogP contribution is 2.37. The molecule has 0 radical (unpaired) electrons. The van der Waals surface area contributed by atoms with Gasteiger partial charge in [0.2, 0.25) is 0 Å². The Labute approximate surface area is 171 Å². The fraction of sp³-hybridized carbons (Fsp3) is 0.312. The van der Waals surface area contributed by atoms with Crippen LogP contribution in [-0.2, 0) is 13.2 Å². The van der Waals surface area contributed by atoms with Crippen LogP contribution in [0.5, 0.6) is 0 Å². The molecule has 0 fully saturated rings. The van der Waals surface area contributed by atoms with Crippen LogP contribution in [0.2, 0.25) is 0 Å². The van der Waals surface area contributed by atoms with Crippen molar-refractivity contribution < 1.29 is 13.2 Å². The summed E-state index contributed by atoms with van der Waals surface area (Å²) in [6.07, 6.45) is -4.80. The Morgan fingerprint density at radius 3 is 2.44 bits per heavy atom. The van der Waals surface area contributed by atoms with Crippen molar-refractivity contribution >= 4 is 53.5 Å². The van der Waals surface area contributed by atoms with Gasteiger partial charge in [-0.3, -0.25) is 9.36 Å². The smallest absolute Gasteiger partial charge is 0.292 e. The summed E-state index contributed by atoms with van der Waals surface area (Å²) in [5, 5.41) is 0.722. The van der Waals surface area contributed by atoms with E-state index in [0.717, 1.165) is 27.4 Å². The molecular formula is C16H12Br2F3N3O2S. The Hall–Kier alpha value is -1.46. The van der Waals surface area contributed by atoms with E-state index in [4.69, 9.17) is 0 Å². The molecule has 3 rings (SSSR count). The Kier molecular flexibility index (Phi) is 5.39. The number of aromatic nitrogens is 3. The van der Waals surface area contributed by atoms with Gasteiger partial charge in [-0.15, -0.1) is 0 Å². The Morgan fingerprint density at radius 2 is 1.85 bits per heavy atom. The lowest BCUT2D eigenvalue weighted by Crippen LogP contribution is -2.40. The summed E-state index contributed by atoms with van der Waals surface area (Å²) >= 11 is 8.27. The quantitative estimate of drug-likeness (QED) is 0.476. The third kappa shape index (κ3) is 3.64. The van der Waals surface area contributed by atoms with E-state index in [1.165, 1.54) is 17.6 Å². The first-order chi connectivity index (χ1) is 12.5. The zero-order valence-corrected chi connectivity index (χ0v) is 17.9. The van der Waals surface area contributed by atoms with Crippen LogP contribution in [0.3, 0.4) is 0 Å². The van der Waals surface area contributed by atoms with Gasteiger partial charge in [0.1, 0.15) is 5.69 Å². The lowest BCUT2D eigenvalue weighted by Gasteiger charge is -2.14. The van der Waals surface area contributed by atoms with Crippen LogP contribution >= 0.6 is 43.4 Å². The number of nitrogens with zero attached hydrogens (tertiary/aromatic N) is 3. The van der Waals surface area contributed by atoms with Gasteiger partial charge in [-0.2, -0.15) is 17.5 Å². The highest BCUT2D eigenvalue weighted by molar-refractivity contribution is 9.12. The molecule has 5 nitrogen and oxygen atoms in total. The molecule has 2 aromatic heterocycles. The van der Waals surface area contributed by atoms with Gasteiger partial charge in [0.05, 0.1) is 20.9 Å². The molecule has 0 bridgehead atoms. The van der Waals surface area contributed by atoms with Crippen molar-refractivity contribution in [2.75, 3.05) is 0 Å². The molecule has 1 aromatic carbocycles. The Bertz CT molecular complexity index is 1130. The van der Waals surface area contributed by atoms with Crippen molar-refractivity contribution in [2.45, 2.75) is 22.8 Å². The largest absolute Gasteiger partial charge is 0.431 e. The van der Waals surface area contributed by atoms with Crippen molar-refractivity contribution in [3.05, 3.63) is 56.5 Å². The highest BCUT2D eigenvalue weighted by Gasteiger charge is 2.35. The van der Waals surface area contributed by atoms with Crippen LogP contribution in [0.1, 0.15) is 23.1 Å². The first-order valence-electron chi connectivity index (χ1n) is 7.60. The maximum Gasteiger partial charge on any atom is 0.431 e. The molecule has 0 N–H and O–H groups in total. The molecule has 11 heteroatoms. The third-order valence-electron chi connectivity index (χ3n) is 4.01. The predicted octanol–water partition coefficient (Wildman–Crippen LogP) is 4.38. The lowest BCUT2D eigenvalue weighted by molar-refractivity contribution is -0.144. The summed E-state index contributed by atoms with van der Waals surface area (Å²) in [6, 6.07) is 5.22. The zero-order valence-electron chi connectivity index (χ0n) is 13.9. The number of hydrogen-bond acceptors (Lipinski definition) is 4. The second-order valence-electron chi connectivity index (χ2n) is 5.87. The van der Waals surface area contributed by atoms with Crippen molar-refractivity contribution in [3.8, 4) is 5.69 Å². The summed E-state index contributed by atoms with van der Waals surface area (Å²) in [5.74, 6) is 0. The van der Waals surface area contributed by atoms with Crippen LogP contribution in [-0.4, -0.2) is 18.3 Å². The van der Waals surface area contributed by atoms with Crippen LogP contribution in [0, 0.1) is 0 Å². The summed E-state index contributed by atoms with van der Waals surface area (Å²) in [4.78, 5) is 24.7. The van der Waals surface area contributed by atoms with Gasteiger partial charge >= 0.3 is 11.9 Å². The van der Waals surface area contributed by atoms with Gasteiger partial charge in [-0.1, -0.05) is 38.8 Å². The minimum atomic E-state index is -4.80. The minimum absolute atomic E-state index is 0.0631. The van der Waals surface area contributed by atoms with Gasteiger partial charge in [-0.05, 0) is 29.7 Å². The molecule has 0 unspecified atom stereocenters. The number of benzene rings is 1. The van der Waals surface area contributed by atoms with Crippen LogP contribution in [0.25, 0.3) is 15.8 Å². The average molecular weight is 527 g/mol. The topological polar surface area (TPSA) is 56.9 Å². The van der Waals surface area contributed by atoms with Crippen molar-refractivity contribution in [1.29, 1.82) is 0 Å². The predicted molar refractivity (Wildman–Crippen MR) is 106 cm³/mol. The van der Waals surface area contributed by atoms with Crippen molar-refractivity contribution in [1.82, 2.24) is 13.5 Å². The SMILES string of the molecule is C[C@H](Br)[C@H](Br)c1nsc2ccc(-n3c(=O)cc(C(F)(F)F)n(C)c3=O)cc12. The molecule has 0 spiro atoms. The molecule has 2 atom stereocenters. The molecule has 2 heterocycles. The number of halogens is 5. The summed E-state index contributed by atoms with van der Waals surface area (Å²) in [7, 11) is 0.984. The van der Waals surface area contributed by atoms with E-state index >= 15 is 0 Å². The first-order valence-corrected chi connectivity index (χ1v) is 10.2. The van der Waals surface area contributed by atoms with E-state index < -0.39 is 23.1 Å². The molecule has 0 amide bonds. The minimum Gasteiger partial charge on any atom is -0.292 e. The average Bonchev–Trinajstić information content (AvgIpc) is 2.99. The van der Waals surface area contributed by atoms with Gasteiger partial charge in [-0.25, -0.2) is 9.36 Å². The van der Waals surface area contributed by atoms with E-state index in [0.29, 0.717) is 10.6 Å². The van der Waals surface area contributed by atoms with Crippen LogP contribution in [0.4, 0.5) is 13.2 Å². The first kappa shape index (κ1) is 20.3. The molecule has 3 aromatic rings. The molecule has 0 aliphatic rings. The fourth-order valence-corrected chi connectivity index (χ4v) is 4.17. The normalized spacial score (nSPS) is 14.5. The molecule has 0 saturated heterocycles. The maximum atomic E-state index is 13.0. The molecular weight excluding hydrogens is 515 g/mol. The molecule has 0 aliphatic carbocycles. The standard InChI is InChI=1S/C16H12Br2F3N3O2S/c1-7(17)13(18)14-9-5-8(3-4-10(9)27-22-14)24-12(25)6-11(16(19,20)21)23(2)15(24)26/h3-7,13H,1-2H3/t7-,13-/m0/s1. The van der Waals surface area contributed by atoms with Crippen molar-refractivity contribution in [3.63, 3.8) is 0 Å². The van der Waals surface area contributed by atoms with E-state index in [-0.39, 0.29) is 15.3 Å². The van der Waals surface area contributed by atoms with Gasteiger partial charge in [0, 0.05) is 23.3 Å². The molecule has 27 heavy (non-hydrogen) atoms. The second kappa shape index (κ2) is 7.17. The summed E-state index contributed by atoms with van der Waals surface area (Å²) in [5.41, 5.74) is -2.49. The van der Waals surface area contributed by atoms with Gasteiger partial charge < -0.3 is 0 Å². The van der Waals surface area contributed by atoms with E-state index in [2.05, 4.69) is 36.2 Å². The lowest BCUT2D eigenvalue weighted by atomic mass is 10.1. The van der Waals surface area contributed by atoms with Gasteiger partial charge in [0.25, 0.3) is 5.56 Å². The molecule has 144 valence electrons. The molecule has 0 aliphatic heterocycles. The van der Waals surface area contributed by atoms with E-state index in [9.17, 15) is 22.8 Å². The van der Waals surface area contributed by atoms with Crippen LogP contribution < -0.4 is 11.2 Å². The Morgan fingerprint density at radius 1 is 1.19 bits per heavy atom. The fourth-order valence-electron chi connectivity index (χ4n) is 2.64. The van der Waals surface area contributed by atoms with E-state index in [1.807, 2.05) is 6.92 Å². The highest BCUT2D eigenvalue weighted by atomic mass is 79.9. The monoisotopic (exact) mass is 525 g/mol. The van der Waals surface area contributed by atoms with E-state index in [1.54, 1.807) is 12.1 Å².